The molecule has 1 aliphatic heterocycles. The van der Waals surface area contributed by atoms with Crippen LogP contribution in [0.15, 0.2) is 27.7 Å². The van der Waals surface area contributed by atoms with Gasteiger partial charge in [-0.15, -0.1) is 17.8 Å². The molecule has 9 nitrogen and oxygen atoms in total. The summed E-state index contributed by atoms with van der Waals surface area (Å²) in [7, 11) is 0. The number of ether oxygens (including phenoxy) is 5. The lowest BCUT2D eigenvalue weighted by Crippen LogP contribution is -2.47. The summed E-state index contributed by atoms with van der Waals surface area (Å²) in [6.07, 6.45) is 2.81. The molecule has 11 heteroatoms. The number of nitrogens with zero attached hydrogens (tertiary/aromatic N) is 1. The maximum atomic E-state index is 13.3. The van der Waals surface area contributed by atoms with Crippen LogP contribution >= 0.6 is 22.7 Å². The molecule has 35 heavy (non-hydrogen) atoms. The van der Waals surface area contributed by atoms with Gasteiger partial charge in [0.05, 0.1) is 29.8 Å². The fourth-order valence-corrected chi connectivity index (χ4v) is 5.13. The molecule has 2 unspecified atom stereocenters. The van der Waals surface area contributed by atoms with Gasteiger partial charge < -0.3 is 23.7 Å². The van der Waals surface area contributed by atoms with Crippen molar-refractivity contribution < 1.29 is 38.1 Å². The van der Waals surface area contributed by atoms with Crippen molar-refractivity contribution in [3.05, 3.63) is 39.0 Å². The Balaban J connectivity index is 1.97. The molecule has 2 aromatic rings. The fourth-order valence-electron chi connectivity index (χ4n) is 3.85. The third-order valence-electron chi connectivity index (χ3n) is 5.66. The molecule has 1 fully saturated rings. The monoisotopic (exact) mass is 521 g/mol. The largest absolute Gasteiger partial charge is 0.464 e. The van der Waals surface area contributed by atoms with Gasteiger partial charge >= 0.3 is 17.9 Å². The number of esters is 3. The van der Waals surface area contributed by atoms with Crippen molar-refractivity contribution in [3.8, 4) is 12.3 Å². The van der Waals surface area contributed by atoms with Gasteiger partial charge in [0.15, 0.2) is 6.10 Å². The van der Waals surface area contributed by atoms with E-state index in [0.717, 1.165) is 5.56 Å². The van der Waals surface area contributed by atoms with Crippen LogP contribution < -0.4 is 0 Å². The SMILES string of the molecule is C#C[C@@]1(C)[C@@H](COC(Cc2ccsc2)(C(=O)OCC)c2cscn2)OC(OC(C)=O)[C@@H]1OC(C)=O. The highest BCUT2D eigenvalue weighted by Crippen LogP contribution is 2.43. The molecule has 0 aromatic carbocycles. The average Bonchev–Trinajstić information content (AvgIpc) is 3.55. The number of carbonyl (C=O) groups excluding carboxylic acids is 3. The van der Waals surface area contributed by atoms with E-state index in [2.05, 4.69) is 10.9 Å². The van der Waals surface area contributed by atoms with Crippen molar-refractivity contribution in [1.29, 1.82) is 0 Å². The van der Waals surface area contributed by atoms with Crippen LogP contribution in [0.5, 0.6) is 0 Å². The second kappa shape index (κ2) is 11.3. The van der Waals surface area contributed by atoms with E-state index < -0.39 is 47.4 Å². The first-order valence-corrected chi connectivity index (χ1v) is 12.7. The van der Waals surface area contributed by atoms with Crippen LogP contribution in [0.25, 0.3) is 0 Å². The molecule has 1 saturated heterocycles. The Morgan fingerprint density at radius 3 is 2.51 bits per heavy atom. The second-order valence-corrected chi connectivity index (χ2v) is 9.60. The summed E-state index contributed by atoms with van der Waals surface area (Å²) in [4.78, 5) is 41.1. The number of aromatic nitrogens is 1. The zero-order chi connectivity index (χ0) is 25.6. The van der Waals surface area contributed by atoms with Crippen LogP contribution in [0.2, 0.25) is 0 Å². The number of thiazole rings is 1. The van der Waals surface area contributed by atoms with Crippen LogP contribution in [-0.4, -0.2) is 54.6 Å². The Bertz CT molecular complexity index is 1060. The van der Waals surface area contributed by atoms with Crippen molar-refractivity contribution in [1.82, 2.24) is 4.98 Å². The van der Waals surface area contributed by atoms with Crippen LogP contribution in [0.3, 0.4) is 0 Å². The highest BCUT2D eigenvalue weighted by Gasteiger charge is 2.58. The summed E-state index contributed by atoms with van der Waals surface area (Å²) >= 11 is 2.80. The first-order valence-electron chi connectivity index (χ1n) is 10.8. The molecule has 0 bridgehead atoms. The van der Waals surface area contributed by atoms with Gasteiger partial charge in [-0.05, 0) is 36.2 Å². The number of hydrogen-bond donors (Lipinski definition) is 0. The van der Waals surface area contributed by atoms with Gasteiger partial charge in [-0.2, -0.15) is 11.3 Å². The number of rotatable bonds is 10. The standard InChI is InChI=1S/C24H27NO8S2/c1-6-23(5)19(33-21(32-16(4)27)20(23)31-15(3)26)11-30-24(22(28)29-7-2,18-13-35-14-25-18)10-17-8-9-34-12-17/h1,8-9,12-14,19-21H,7,10-11H2,2-5H3/t19-,20+,21?,23+,24?/m1/s1. The summed E-state index contributed by atoms with van der Waals surface area (Å²) in [6, 6.07) is 1.89. The fraction of sp³-hybridized carbons (Fsp3) is 0.500. The third kappa shape index (κ3) is 5.73. The number of thiophene rings is 1. The van der Waals surface area contributed by atoms with Crippen molar-refractivity contribution in [2.45, 2.75) is 58.2 Å². The van der Waals surface area contributed by atoms with Crippen molar-refractivity contribution in [2.24, 2.45) is 5.41 Å². The lowest BCUT2D eigenvalue weighted by Gasteiger charge is -2.33. The van der Waals surface area contributed by atoms with E-state index in [-0.39, 0.29) is 19.6 Å². The zero-order valence-corrected chi connectivity index (χ0v) is 21.5. The van der Waals surface area contributed by atoms with Crippen LogP contribution in [0.1, 0.15) is 39.0 Å². The average molecular weight is 522 g/mol. The topological polar surface area (TPSA) is 110 Å². The predicted molar refractivity (Wildman–Crippen MR) is 127 cm³/mol. The van der Waals surface area contributed by atoms with E-state index in [0.29, 0.717) is 5.69 Å². The van der Waals surface area contributed by atoms with Gasteiger partial charge in [-0.1, -0.05) is 5.92 Å². The maximum absolute atomic E-state index is 13.3. The summed E-state index contributed by atoms with van der Waals surface area (Å²) in [5.41, 5.74) is 0.0494. The summed E-state index contributed by atoms with van der Waals surface area (Å²) in [5.74, 6) is 0.770. The minimum atomic E-state index is -1.58. The molecule has 2 aromatic heterocycles. The van der Waals surface area contributed by atoms with Gasteiger partial charge in [-0.25, -0.2) is 9.78 Å². The van der Waals surface area contributed by atoms with E-state index >= 15 is 0 Å². The van der Waals surface area contributed by atoms with Gasteiger partial charge in [0.2, 0.25) is 11.9 Å². The summed E-state index contributed by atoms with van der Waals surface area (Å²) < 4.78 is 28.3. The first kappa shape index (κ1) is 26.8. The molecular formula is C24H27NO8S2. The van der Waals surface area contributed by atoms with E-state index in [4.69, 9.17) is 30.1 Å². The molecule has 0 saturated carbocycles. The van der Waals surface area contributed by atoms with Gasteiger partial charge in [0, 0.05) is 25.6 Å². The second-order valence-electron chi connectivity index (χ2n) is 8.10. The van der Waals surface area contributed by atoms with Crippen molar-refractivity contribution >= 4 is 40.6 Å². The highest BCUT2D eigenvalue weighted by atomic mass is 32.1. The van der Waals surface area contributed by atoms with E-state index in [1.165, 1.54) is 36.5 Å². The molecule has 188 valence electrons. The Kier molecular flexibility index (Phi) is 8.66. The molecule has 3 rings (SSSR count). The number of carbonyl (C=O) groups is 3. The molecule has 5 atom stereocenters. The number of terminal acetylenes is 1. The summed E-state index contributed by atoms with van der Waals surface area (Å²) in [5, 5.41) is 5.53. The van der Waals surface area contributed by atoms with E-state index in [1.807, 2.05) is 16.8 Å². The molecule has 0 radical (unpaired) electrons. The van der Waals surface area contributed by atoms with Gasteiger partial charge in [0.1, 0.15) is 6.10 Å². The maximum Gasteiger partial charge on any atom is 0.345 e. The van der Waals surface area contributed by atoms with Gasteiger partial charge in [-0.3, -0.25) is 9.59 Å². The zero-order valence-electron chi connectivity index (χ0n) is 19.8. The molecule has 0 aliphatic carbocycles. The quantitative estimate of drug-likeness (QED) is 0.265. The molecule has 0 amide bonds. The molecule has 1 aliphatic rings. The molecule has 0 spiro atoms. The molecule has 0 N–H and O–H groups in total. The highest BCUT2D eigenvalue weighted by molar-refractivity contribution is 7.08. The van der Waals surface area contributed by atoms with Crippen molar-refractivity contribution in [3.63, 3.8) is 0 Å². The lowest BCUT2D eigenvalue weighted by atomic mass is 9.81. The molecule has 3 heterocycles. The van der Waals surface area contributed by atoms with Crippen LogP contribution in [0.4, 0.5) is 0 Å². The van der Waals surface area contributed by atoms with Crippen LogP contribution in [0, 0.1) is 17.8 Å². The minimum absolute atomic E-state index is 0.142. The normalized spacial score (nSPS) is 25.3. The lowest BCUT2D eigenvalue weighted by molar-refractivity contribution is -0.202. The van der Waals surface area contributed by atoms with E-state index in [9.17, 15) is 14.4 Å². The summed E-state index contributed by atoms with van der Waals surface area (Å²) in [6.45, 7) is 5.73. The van der Waals surface area contributed by atoms with Crippen LogP contribution in [-0.2, 0) is 50.1 Å². The predicted octanol–water partition coefficient (Wildman–Crippen LogP) is 3.08. The Labute approximate surface area is 211 Å². The van der Waals surface area contributed by atoms with Crippen molar-refractivity contribution in [2.75, 3.05) is 13.2 Å². The third-order valence-corrected chi connectivity index (χ3v) is 6.98. The Morgan fingerprint density at radius 1 is 1.23 bits per heavy atom. The van der Waals surface area contributed by atoms with Gasteiger partial charge in [0.25, 0.3) is 0 Å². The number of hydrogen-bond acceptors (Lipinski definition) is 11. The smallest absolute Gasteiger partial charge is 0.345 e. The Hall–Kier alpha value is -2.78. The first-order chi connectivity index (χ1) is 16.7. The molecular weight excluding hydrogens is 494 g/mol. The minimum Gasteiger partial charge on any atom is -0.464 e. The Morgan fingerprint density at radius 2 is 1.97 bits per heavy atom. The van der Waals surface area contributed by atoms with E-state index in [1.54, 1.807) is 24.7 Å².